The number of anilines is 1. The number of carbonyl (C=O) groups excluding carboxylic acids is 1. The van der Waals surface area contributed by atoms with Crippen molar-refractivity contribution in [3.05, 3.63) is 72.1 Å². The van der Waals surface area contributed by atoms with Gasteiger partial charge in [-0.05, 0) is 29.8 Å². The molecule has 1 N–H and O–H groups in total. The van der Waals surface area contributed by atoms with Crippen molar-refractivity contribution < 1.29 is 9.53 Å². The van der Waals surface area contributed by atoms with Gasteiger partial charge in [-0.15, -0.1) is 0 Å². The molecule has 26 heavy (non-hydrogen) atoms. The number of aromatic nitrogens is 2. The number of rotatable bonds is 6. The van der Waals surface area contributed by atoms with Crippen LogP contribution in [0.1, 0.15) is 16.1 Å². The van der Waals surface area contributed by atoms with E-state index >= 15 is 0 Å². The molecule has 0 spiro atoms. The van der Waals surface area contributed by atoms with Gasteiger partial charge >= 0.3 is 0 Å². The van der Waals surface area contributed by atoms with Gasteiger partial charge in [-0.2, -0.15) is 5.10 Å². The van der Waals surface area contributed by atoms with Crippen LogP contribution in [0.3, 0.4) is 0 Å². The summed E-state index contributed by atoms with van der Waals surface area (Å²) in [6.07, 6.45) is 1.71. The third-order valence-electron chi connectivity index (χ3n) is 4.02. The van der Waals surface area contributed by atoms with E-state index < -0.39 is 0 Å². The number of nitrogens with one attached hydrogen (secondary N) is 1. The third-order valence-corrected chi connectivity index (χ3v) is 4.02. The van der Waals surface area contributed by atoms with Gasteiger partial charge in [-0.1, -0.05) is 30.3 Å². The monoisotopic (exact) mass is 350 g/mol. The van der Waals surface area contributed by atoms with Crippen LogP contribution in [0.15, 0.2) is 60.8 Å². The summed E-state index contributed by atoms with van der Waals surface area (Å²) in [5.41, 5.74) is 3.23. The number of carbonyl (C=O) groups is 1. The van der Waals surface area contributed by atoms with Crippen molar-refractivity contribution in [2.24, 2.45) is 0 Å². The Balaban J connectivity index is 1.75. The van der Waals surface area contributed by atoms with E-state index in [0.717, 1.165) is 16.9 Å². The average molecular weight is 350 g/mol. The van der Waals surface area contributed by atoms with Gasteiger partial charge in [-0.25, -0.2) is 4.68 Å². The Labute approximate surface area is 153 Å². The fourth-order valence-corrected chi connectivity index (χ4v) is 2.59. The molecule has 0 aliphatic heterocycles. The normalized spacial score (nSPS) is 10.4. The molecule has 0 atom stereocenters. The van der Waals surface area contributed by atoms with Gasteiger partial charge in [0.2, 0.25) is 0 Å². The number of amides is 1. The zero-order valence-corrected chi connectivity index (χ0v) is 15.1. The lowest BCUT2D eigenvalue weighted by molar-refractivity contribution is 0.0942. The van der Waals surface area contributed by atoms with Crippen LogP contribution < -0.4 is 15.0 Å². The predicted octanol–water partition coefficient (Wildman–Crippen LogP) is 2.88. The summed E-state index contributed by atoms with van der Waals surface area (Å²) in [6, 6.07) is 17.6. The maximum absolute atomic E-state index is 12.6. The number of para-hydroxylation sites is 1. The van der Waals surface area contributed by atoms with Gasteiger partial charge in [0, 0.05) is 26.3 Å². The maximum Gasteiger partial charge on any atom is 0.275 e. The summed E-state index contributed by atoms with van der Waals surface area (Å²) in [6.45, 7) is 0.419. The minimum Gasteiger partial charge on any atom is -0.493 e. The summed E-state index contributed by atoms with van der Waals surface area (Å²) in [7, 11) is 5.50. The first kappa shape index (κ1) is 17.5. The lowest BCUT2D eigenvalue weighted by Crippen LogP contribution is -2.24. The van der Waals surface area contributed by atoms with Gasteiger partial charge in [-0.3, -0.25) is 4.79 Å². The van der Waals surface area contributed by atoms with Crippen LogP contribution >= 0.6 is 0 Å². The summed E-state index contributed by atoms with van der Waals surface area (Å²) >= 11 is 0. The number of methoxy groups -OCH3 is 1. The van der Waals surface area contributed by atoms with Crippen LogP contribution in [-0.4, -0.2) is 36.9 Å². The van der Waals surface area contributed by atoms with Crippen LogP contribution in [-0.2, 0) is 6.54 Å². The quantitative estimate of drug-likeness (QED) is 0.743. The standard InChI is InChI=1S/C20H22N4O2/c1-23(2)17-11-7-8-15(12-17)13-21-20(25)19-18(26-3)14-24(22-19)16-9-5-4-6-10-16/h4-12,14H,13H2,1-3H3,(H,21,25). The molecule has 0 aliphatic rings. The van der Waals surface area contributed by atoms with Gasteiger partial charge in [0.15, 0.2) is 11.4 Å². The van der Waals surface area contributed by atoms with Crippen molar-refractivity contribution in [2.45, 2.75) is 6.54 Å². The average Bonchev–Trinajstić information content (AvgIpc) is 3.11. The molecule has 0 saturated carbocycles. The van der Waals surface area contributed by atoms with E-state index in [1.807, 2.05) is 73.6 Å². The van der Waals surface area contributed by atoms with Crippen LogP contribution in [0.25, 0.3) is 5.69 Å². The molecule has 0 fully saturated rings. The number of hydrogen-bond acceptors (Lipinski definition) is 4. The second kappa shape index (κ2) is 7.74. The van der Waals surface area contributed by atoms with Gasteiger partial charge in [0.25, 0.3) is 5.91 Å². The molecule has 6 heteroatoms. The van der Waals surface area contributed by atoms with Crippen molar-refractivity contribution in [3.63, 3.8) is 0 Å². The minimum atomic E-state index is -0.271. The first-order valence-electron chi connectivity index (χ1n) is 8.32. The molecule has 6 nitrogen and oxygen atoms in total. The van der Waals surface area contributed by atoms with E-state index in [1.165, 1.54) is 7.11 Å². The Morgan fingerprint density at radius 1 is 1.15 bits per heavy atom. The van der Waals surface area contributed by atoms with Gasteiger partial charge < -0.3 is 15.0 Å². The number of benzene rings is 2. The zero-order chi connectivity index (χ0) is 18.5. The predicted molar refractivity (Wildman–Crippen MR) is 102 cm³/mol. The lowest BCUT2D eigenvalue weighted by atomic mass is 10.2. The van der Waals surface area contributed by atoms with E-state index in [0.29, 0.717) is 12.3 Å². The second-order valence-corrected chi connectivity index (χ2v) is 6.07. The van der Waals surface area contributed by atoms with Gasteiger partial charge in [0.1, 0.15) is 0 Å². The van der Waals surface area contributed by atoms with Crippen molar-refractivity contribution in [3.8, 4) is 11.4 Å². The Hall–Kier alpha value is -3.28. The Bertz CT molecular complexity index is 888. The Morgan fingerprint density at radius 3 is 2.62 bits per heavy atom. The van der Waals surface area contributed by atoms with Crippen molar-refractivity contribution in [2.75, 3.05) is 26.1 Å². The molecule has 0 bridgehead atoms. The summed E-state index contributed by atoms with van der Waals surface area (Å²) < 4.78 is 6.96. The summed E-state index contributed by atoms with van der Waals surface area (Å²) in [4.78, 5) is 14.6. The molecule has 0 radical (unpaired) electrons. The molecular formula is C20H22N4O2. The van der Waals surface area contributed by atoms with Crippen LogP contribution in [0.5, 0.6) is 5.75 Å². The molecule has 3 rings (SSSR count). The van der Waals surface area contributed by atoms with Crippen molar-refractivity contribution >= 4 is 11.6 Å². The van der Waals surface area contributed by atoms with E-state index in [-0.39, 0.29) is 11.6 Å². The maximum atomic E-state index is 12.6. The molecule has 3 aromatic rings. The number of hydrogen-bond donors (Lipinski definition) is 1. The van der Waals surface area contributed by atoms with Crippen LogP contribution in [0, 0.1) is 0 Å². The largest absolute Gasteiger partial charge is 0.493 e. The van der Waals surface area contributed by atoms with Crippen molar-refractivity contribution in [1.82, 2.24) is 15.1 Å². The lowest BCUT2D eigenvalue weighted by Gasteiger charge is -2.13. The van der Waals surface area contributed by atoms with Crippen LogP contribution in [0.2, 0.25) is 0 Å². The zero-order valence-electron chi connectivity index (χ0n) is 15.1. The van der Waals surface area contributed by atoms with Gasteiger partial charge in [0.05, 0.1) is 19.0 Å². The Kier molecular flexibility index (Phi) is 5.22. The van der Waals surface area contributed by atoms with E-state index in [4.69, 9.17) is 4.74 Å². The fraction of sp³-hybridized carbons (Fsp3) is 0.200. The molecule has 1 amide bonds. The van der Waals surface area contributed by atoms with E-state index in [9.17, 15) is 4.79 Å². The molecule has 0 saturated heterocycles. The molecule has 0 aliphatic carbocycles. The van der Waals surface area contributed by atoms with E-state index in [2.05, 4.69) is 10.4 Å². The topological polar surface area (TPSA) is 59.4 Å². The smallest absolute Gasteiger partial charge is 0.275 e. The number of nitrogens with zero attached hydrogens (tertiary/aromatic N) is 3. The first-order chi connectivity index (χ1) is 12.6. The second-order valence-electron chi connectivity index (χ2n) is 6.07. The highest BCUT2D eigenvalue weighted by Gasteiger charge is 2.18. The minimum absolute atomic E-state index is 0.264. The fourth-order valence-electron chi connectivity index (χ4n) is 2.59. The number of ether oxygens (including phenoxy) is 1. The highest BCUT2D eigenvalue weighted by molar-refractivity contribution is 5.94. The molecule has 134 valence electrons. The molecule has 1 aromatic heterocycles. The van der Waals surface area contributed by atoms with Crippen LogP contribution in [0.4, 0.5) is 5.69 Å². The molecule has 0 unspecified atom stereocenters. The third kappa shape index (κ3) is 3.85. The van der Waals surface area contributed by atoms with Crippen molar-refractivity contribution in [1.29, 1.82) is 0 Å². The first-order valence-corrected chi connectivity index (χ1v) is 8.32. The summed E-state index contributed by atoms with van der Waals surface area (Å²) in [5.74, 6) is 0.167. The molecular weight excluding hydrogens is 328 g/mol. The Morgan fingerprint density at radius 2 is 1.92 bits per heavy atom. The summed E-state index contributed by atoms with van der Waals surface area (Å²) in [5, 5.41) is 7.29. The molecule has 1 heterocycles. The highest BCUT2D eigenvalue weighted by atomic mass is 16.5. The van der Waals surface area contributed by atoms with E-state index in [1.54, 1.807) is 10.9 Å². The highest BCUT2D eigenvalue weighted by Crippen LogP contribution is 2.20. The molecule has 2 aromatic carbocycles. The SMILES string of the molecule is COc1cn(-c2ccccc2)nc1C(=O)NCc1cccc(N(C)C)c1.